The number of hydrogen-bond donors (Lipinski definition) is 3. The summed E-state index contributed by atoms with van der Waals surface area (Å²) in [6.45, 7) is 0.0195. The van der Waals surface area contributed by atoms with Gasteiger partial charge in [-0.25, -0.2) is 8.78 Å². The molecule has 0 aliphatic heterocycles. The lowest BCUT2D eigenvalue weighted by atomic mass is 10.2. The zero-order chi connectivity index (χ0) is 12.8. The molecule has 1 aromatic carbocycles. The Bertz CT molecular complexity index is 390. The van der Waals surface area contributed by atoms with E-state index in [1.165, 1.54) is 0 Å². The van der Waals surface area contributed by atoms with E-state index in [2.05, 4.69) is 5.32 Å². The monoisotopic (exact) mass is 245 g/mol. The summed E-state index contributed by atoms with van der Waals surface area (Å²) in [4.78, 5) is 10.3. The molecule has 0 saturated carbocycles. The lowest BCUT2D eigenvalue weighted by Gasteiger charge is -2.09. The third-order valence-electron chi connectivity index (χ3n) is 1.86. The van der Waals surface area contributed by atoms with Crippen molar-refractivity contribution in [3.05, 3.63) is 23.8 Å². The Morgan fingerprint density at radius 1 is 1.35 bits per heavy atom. The zero-order valence-electron chi connectivity index (χ0n) is 9.00. The van der Waals surface area contributed by atoms with E-state index in [1.54, 1.807) is 0 Å². The van der Waals surface area contributed by atoms with Crippen LogP contribution in [0, 0.1) is 11.6 Å². The second kappa shape index (κ2) is 6.00. The lowest BCUT2D eigenvalue weighted by Crippen LogP contribution is -2.21. The predicted octanol–water partition coefficient (Wildman–Crippen LogP) is 0.461. The van der Waals surface area contributed by atoms with Crippen LogP contribution in [0.4, 0.5) is 20.2 Å². The predicted molar refractivity (Wildman–Crippen MR) is 59.3 cm³/mol. The maximum Gasteiger partial charge on any atom is 0.243 e. The van der Waals surface area contributed by atoms with Crippen molar-refractivity contribution in [3.8, 4) is 0 Å². The van der Waals surface area contributed by atoms with Gasteiger partial charge in [-0.05, 0) is 12.1 Å². The molecule has 0 aliphatic carbocycles. The van der Waals surface area contributed by atoms with E-state index in [-0.39, 0.29) is 31.1 Å². The number of carbonyl (C=O) groups excluding carboxylic acids is 1. The van der Waals surface area contributed by atoms with Crippen molar-refractivity contribution in [2.24, 2.45) is 5.73 Å². The van der Waals surface area contributed by atoms with Crippen LogP contribution in [0.5, 0.6) is 0 Å². The van der Waals surface area contributed by atoms with Gasteiger partial charge >= 0.3 is 0 Å². The maximum atomic E-state index is 13.3. The Morgan fingerprint density at radius 2 is 1.94 bits per heavy atom. The number of primary amides is 1. The smallest absolute Gasteiger partial charge is 0.243 e. The summed E-state index contributed by atoms with van der Waals surface area (Å²) in [6.07, 6.45) is 0. The van der Waals surface area contributed by atoms with E-state index in [4.69, 9.17) is 16.2 Å². The van der Waals surface area contributed by atoms with Gasteiger partial charge in [0.25, 0.3) is 0 Å². The standard InChI is InChI=1S/C10H13F2N3O2/c11-7-3-6(13)4-8(12)10(7)15-1-2-17-5-9(14)16/h3-4,15H,1-2,5,13H2,(H2,14,16). The fourth-order valence-electron chi connectivity index (χ4n) is 1.18. The minimum absolute atomic E-state index is 0.00975. The number of benzene rings is 1. The highest BCUT2D eigenvalue weighted by Gasteiger charge is 2.09. The molecule has 0 radical (unpaired) electrons. The van der Waals surface area contributed by atoms with Crippen LogP contribution in [-0.2, 0) is 9.53 Å². The Morgan fingerprint density at radius 3 is 2.47 bits per heavy atom. The molecule has 1 amide bonds. The van der Waals surface area contributed by atoms with Gasteiger partial charge in [-0.15, -0.1) is 0 Å². The van der Waals surface area contributed by atoms with Crippen LogP contribution in [0.3, 0.4) is 0 Å². The number of rotatable bonds is 6. The molecule has 0 unspecified atom stereocenters. The van der Waals surface area contributed by atoms with Gasteiger partial charge in [0.05, 0.1) is 6.61 Å². The second-order valence-corrected chi connectivity index (χ2v) is 3.31. The van der Waals surface area contributed by atoms with E-state index in [1.807, 2.05) is 0 Å². The fraction of sp³-hybridized carbons (Fsp3) is 0.300. The summed E-state index contributed by atoms with van der Waals surface area (Å²) in [5.74, 6) is -2.16. The summed E-state index contributed by atoms with van der Waals surface area (Å²) in [6, 6.07) is 2.02. The average Bonchev–Trinajstić information content (AvgIpc) is 2.20. The van der Waals surface area contributed by atoms with Crippen molar-refractivity contribution in [3.63, 3.8) is 0 Å². The largest absolute Gasteiger partial charge is 0.399 e. The normalized spacial score (nSPS) is 10.2. The first-order valence-electron chi connectivity index (χ1n) is 4.85. The third-order valence-corrected chi connectivity index (χ3v) is 1.86. The molecule has 0 aliphatic rings. The second-order valence-electron chi connectivity index (χ2n) is 3.31. The summed E-state index contributed by atoms with van der Waals surface area (Å²) in [5, 5.41) is 2.50. The molecular weight excluding hydrogens is 232 g/mol. The molecule has 0 fully saturated rings. The molecule has 5 nitrogen and oxygen atoms in total. The van der Waals surface area contributed by atoms with E-state index in [9.17, 15) is 13.6 Å². The molecule has 0 spiro atoms. The quantitative estimate of drug-likeness (QED) is 0.501. The van der Waals surface area contributed by atoms with Crippen LogP contribution in [0.15, 0.2) is 12.1 Å². The van der Waals surface area contributed by atoms with Crippen molar-refractivity contribution >= 4 is 17.3 Å². The minimum Gasteiger partial charge on any atom is -0.399 e. The molecule has 0 aromatic heterocycles. The van der Waals surface area contributed by atoms with Gasteiger partial charge in [0, 0.05) is 12.2 Å². The van der Waals surface area contributed by atoms with E-state index < -0.39 is 17.5 Å². The Kier molecular flexibility index (Phi) is 4.65. The van der Waals surface area contributed by atoms with Gasteiger partial charge in [0.15, 0.2) is 11.6 Å². The highest BCUT2D eigenvalue weighted by Crippen LogP contribution is 2.21. The number of halogens is 2. The first kappa shape index (κ1) is 13.2. The summed E-state index contributed by atoms with van der Waals surface area (Å²) in [5.41, 5.74) is 9.82. The maximum absolute atomic E-state index is 13.3. The van der Waals surface area contributed by atoms with Gasteiger partial charge in [-0.3, -0.25) is 4.79 Å². The summed E-state index contributed by atoms with van der Waals surface area (Å²) >= 11 is 0. The molecule has 0 saturated heterocycles. The van der Waals surface area contributed by atoms with Crippen LogP contribution in [0.25, 0.3) is 0 Å². The van der Waals surface area contributed by atoms with Crippen LogP contribution < -0.4 is 16.8 Å². The lowest BCUT2D eigenvalue weighted by molar-refractivity contribution is -0.122. The van der Waals surface area contributed by atoms with E-state index in [0.717, 1.165) is 12.1 Å². The number of ether oxygens (including phenoxy) is 1. The molecule has 17 heavy (non-hydrogen) atoms. The van der Waals surface area contributed by atoms with Gasteiger partial charge in [0.2, 0.25) is 5.91 Å². The van der Waals surface area contributed by atoms with Gasteiger partial charge < -0.3 is 21.5 Å². The number of carbonyl (C=O) groups is 1. The molecule has 0 bridgehead atoms. The zero-order valence-corrected chi connectivity index (χ0v) is 9.00. The van der Waals surface area contributed by atoms with Crippen molar-refractivity contribution in [1.82, 2.24) is 0 Å². The number of nitrogens with two attached hydrogens (primary N) is 2. The molecule has 7 heteroatoms. The van der Waals surface area contributed by atoms with Crippen molar-refractivity contribution < 1.29 is 18.3 Å². The number of amides is 1. The third kappa shape index (κ3) is 4.23. The van der Waals surface area contributed by atoms with Gasteiger partial charge in [0.1, 0.15) is 12.3 Å². The van der Waals surface area contributed by atoms with E-state index in [0.29, 0.717) is 0 Å². The minimum atomic E-state index is -0.780. The SMILES string of the molecule is NC(=O)COCCNc1c(F)cc(N)cc1F. The van der Waals surface area contributed by atoms with Crippen LogP contribution in [0.2, 0.25) is 0 Å². The van der Waals surface area contributed by atoms with E-state index >= 15 is 0 Å². The van der Waals surface area contributed by atoms with Crippen LogP contribution in [0.1, 0.15) is 0 Å². The van der Waals surface area contributed by atoms with Crippen molar-refractivity contribution in [1.29, 1.82) is 0 Å². The highest BCUT2D eigenvalue weighted by atomic mass is 19.1. The number of hydrogen-bond acceptors (Lipinski definition) is 4. The number of anilines is 2. The van der Waals surface area contributed by atoms with Crippen molar-refractivity contribution in [2.75, 3.05) is 30.8 Å². The van der Waals surface area contributed by atoms with Gasteiger partial charge in [-0.1, -0.05) is 0 Å². The molecule has 5 N–H and O–H groups in total. The Balaban J connectivity index is 2.44. The van der Waals surface area contributed by atoms with Crippen LogP contribution >= 0.6 is 0 Å². The highest BCUT2D eigenvalue weighted by molar-refractivity contribution is 5.74. The number of nitrogens with one attached hydrogen (secondary N) is 1. The van der Waals surface area contributed by atoms with Crippen molar-refractivity contribution in [2.45, 2.75) is 0 Å². The average molecular weight is 245 g/mol. The molecular formula is C10H13F2N3O2. The fourth-order valence-corrected chi connectivity index (χ4v) is 1.18. The Hall–Kier alpha value is -1.89. The van der Waals surface area contributed by atoms with Gasteiger partial charge in [-0.2, -0.15) is 0 Å². The number of nitrogen functional groups attached to an aromatic ring is 1. The molecule has 1 rings (SSSR count). The summed E-state index contributed by atoms with van der Waals surface area (Å²) in [7, 11) is 0. The molecule has 0 atom stereocenters. The Labute approximate surface area is 96.7 Å². The molecule has 94 valence electrons. The first-order valence-corrected chi connectivity index (χ1v) is 4.85. The first-order chi connectivity index (χ1) is 8.00. The topological polar surface area (TPSA) is 90.4 Å². The summed E-state index contributed by atoms with van der Waals surface area (Å²) < 4.78 is 31.3. The molecule has 1 aromatic rings. The molecule has 0 heterocycles. The van der Waals surface area contributed by atoms with Crippen LogP contribution in [-0.4, -0.2) is 25.7 Å².